The van der Waals surface area contributed by atoms with Crippen LogP contribution in [0, 0.1) is 6.92 Å². The van der Waals surface area contributed by atoms with Crippen LogP contribution in [0.3, 0.4) is 0 Å². The number of carboxylic acids is 1. The Morgan fingerprint density at radius 1 is 1.05 bits per heavy atom. The van der Waals surface area contributed by atoms with Crippen molar-refractivity contribution in [3.05, 3.63) is 65.2 Å². The highest BCUT2D eigenvalue weighted by molar-refractivity contribution is 5.91. The molecule has 0 bridgehead atoms. The van der Waals surface area contributed by atoms with E-state index in [-0.39, 0.29) is 5.56 Å². The summed E-state index contributed by atoms with van der Waals surface area (Å²) in [5.74, 6) is -0.554. The van der Waals surface area contributed by atoms with E-state index in [2.05, 4.69) is 0 Å². The molecule has 2 aromatic rings. The lowest BCUT2D eigenvalue weighted by atomic mass is 9.97. The van der Waals surface area contributed by atoms with Gasteiger partial charge in [-0.3, -0.25) is 0 Å². The topological polar surface area (TPSA) is 46.5 Å². The molecule has 20 heavy (non-hydrogen) atoms. The van der Waals surface area contributed by atoms with E-state index in [1.165, 1.54) is 0 Å². The van der Waals surface area contributed by atoms with Crippen LogP contribution in [0.4, 0.5) is 0 Å². The summed E-state index contributed by atoms with van der Waals surface area (Å²) in [6, 6.07) is 14.9. The van der Waals surface area contributed by atoms with Gasteiger partial charge in [-0.15, -0.1) is 0 Å². The van der Waals surface area contributed by atoms with Gasteiger partial charge in [0.15, 0.2) is 0 Å². The first-order valence-electron chi connectivity index (χ1n) is 6.49. The lowest BCUT2D eigenvalue weighted by Crippen LogP contribution is -2.26. The third-order valence-corrected chi connectivity index (χ3v) is 3.27. The Morgan fingerprint density at radius 3 is 2.30 bits per heavy atom. The van der Waals surface area contributed by atoms with Gasteiger partial charge in [-0.25, -0.2) is 4.79 Å². The van der Waals surface area contributed by atoms with Crippen LogP contribution in [-0.2, 0) is 5.60 Å². The van der Waals surface area contributed by atoms with Crippen LogP contribution < -0.4 is 4.74 Å². The van der Waals surface area contributed by atoms with Crippen molar-refractivity contribution < 1.29 is 14.6 Å². The highest BCUT2D eigenvalue weighted by Gasteiger charge is 2.25. The first kappa shape index (κ1) is 14.1. The fourth-order valence-corrected chi connectivity index (χ4v) is 2.11. The monoisotopic (exact) mass is 270 g/mol. The number of para-hydroxylation sites is 1. The summed E-state index contributed by atoms with van der Waals surface area (Å²) in [6.07, 6.45) is 0. The molecule has 0 atom stereocenters. The minimum absolute atomic E-state index is 0.189. The van der Waals surface area contributed by atoms with Crippen LogP contribution >= 0.6 is 0 Å². The van der Waals surface area contributed by atoms with Crippen molar-refractivity contribution >= 4 is 5.97 Å². The molecule has 0 amide bonds. The molecule has 2 rings (SSSR count). The average molecular weight is 270 g/mol. The van der Waals surface area contributed by atoms with Gasteiger partial charge in [0.05, 0.1) is 0 Å². The van der Waals surface area contributed by atoms with Crippen molar-refractivity contribution in [2.45, 2.75) is 26.4 Å². The molecule has 0 aliphatic carbocycles. The molecule has 3 nitrogen and oxygen atoms in total. The highest BCUT2D eigenvalue weighted by atomic mass is 16.5. The summed E-state index contributed by atoms with van der Waals surface area (Å²) in [4.78, 5) is 11.3. The lowest BCUT2D eigenvalue weighted by Gasteiger charge is -2.28. The zero-order chi connectivity index (χ0) is 14.8. The van der Waals surface area contributed by atoms with E-state index in [1.807, 2.05) is 57.2 Å². The summed E-state index contributed by atoms with van der Waals surface area (Å²) >= 11 is 0. The summed E-state index contributed by atoms with van der Waals surface area (Å²) in [5.41, 5.74) is 1.40. The number of aryl methyl sites for hydroxylation is 1. The van der Waals surface area contributed by atoms with E-state index in [0.29, 0.717) is 5.75 Å². The van der Waals surface area contributed by atoms with Crippen molar-refractivity contribution in [3.63, 3.8) is 0 Å². The molecule has 0 radical (unpaired) electrons. The summed E-state index contributed by atoms with van der Waals surface area (Å²) in [7, 11) is 0. The third kappa shape index (κ3) is 2.82. The van der Waals surface area contributed by atoms with Crippen molar-refractivity contribution in [1.82, 2.24) is 0 Å². The van der Waals surface area contributed by atoms with Gasteiger partial charge in [-0.05, 0) is 38.0 Å². The second-order valence-corrected chi connectivity index (χ2v) is 5.24. The van der Waals surface area contributed by atoms with Crippen molar-refractivity contribution in [3.8, 4) is 5.75 Å². The fourth-order valence-electron chi connectivity index (χ4n) is 2.11. The van der Waals surface area contributed by atoms with Crippen LogP contribution in [0.1, 0.15) is 35.3 Å². The van der Waals surface area contributed by atoms with Crippen LogP contribution in [-0.4, -0.2) is 11.1 Å². The Morgan fingerprint density at radius 2 is 1.70 bits per heavy atom. The van der Waals surface area contributed by atoms with Crippen LogP contribution in [0.2, 0.25) is 0 Å². The Balaban J connectivity index is 2.42. The summed E-state index contributed by atoms with van der Waals surface area (Å²) in [6.45, 7) is 5.71. The van der Waals surface area contributed by atoms with Crippen LogP contribution in [0.5, 0.6) is 5.75 Å². The average Bonchev–Trinajstić information content (AvgIpc) is 2.41. The van der Waals surface area contributed by atoms with Crippen molar-refractivity contribution in [2.24, 2.45) is 0 Å². The first-order chi connectivity index (χ1) is 9.42. The zero-order valence-corrected chi connectivity index (χ0v) is 11.9. The van der Waals surface area contributed by atoms with Gasteiger partial charge in [-0.1, -0.05) is 42.5 Å². The Labute approximate surface area is 118 Å². The van der Waals surface area contributed by atoms with Gasteiger partial charge < -0.3 is 9.84 Å². The number of hydrogen-bond acceptors (Lipinski definition) is 2. The number of carboxylic acid groups (broad SMARTS) is 1. The second-order valence-electron chi connectivity index (χ2n) is 5.24. The third-order valence-electron chi connectivity index (χ3n) is 3.27. The number of ether oxygens (including phenoxy) is 1. The number of carbonyl (C=O) groups is 1. The molecule has 104 valence electrons. The molecule has 2 aromatic carbocycles. The molecule has 0 aromatic heterocycles. The SMILES string of the molecule is Cc1cccc(C(=O)O)c1OC(C)(C)c1ccccc1. The normalized spacial score (nSPS) is 11.2. The Hall–Kier alpha value is -2.29. The minimum Gasteiger partial charge on any atom is -0.482 e. The largest absolute Gasteiger partial charge is 0.482 e. The molecule has 0 heterocycles. The van der Waals surface area contributed by atoms with Crippen molar-refractivity contribution in [1.29, 1.82) is 0 Å². The van der Waals surface area contributed by atoms with Gasteiger partial charge in [-0.2, -0.15) is 0 Å². The standard InChI is InChI=1S/C17H18O3/c1-12-8-7-11-14(16(18)19)15(12)20-17(2,3)13-9-5-4-6-10-13/h4-11H,1-3H3,(H,18,19). The molecule has 0 unspecified atom stereocenters. The molecule has 0 aliphatic heterocycles. The highest BCUT2D eigenvalue weighted by Crippen LogP contribution is 2.32. The number of aromatic carboxylic acids is 1. The molecule has 0 saturated heterocycles. The predicted molar refractivity (Wildman–Crippen MR) is 78.2 cm³/mol. The Bertz CT molecular complexity index is 615. The quantitative estimate of drug-likeness (QED) is 0.913. The van der Waals surface area contributed by atoms with Gasteiger partial charge in [0.25, 0.3) is 0 Å². The smallest absolute Gasteiger partial charge is 0.339 e. The predicted octanol–water partition coefficient (Wildman–Crippen LogP) is 4.01. The summed E-state index contributed by atoms with van der Waals surface area (Å²) in [5, 5.41) is 9.28. The molecular weight excluding hydrogens is 252 g/mol. The number of benzene rings is 2. The van der Waals surface area contributed by atoms with Gasteiger partial charge in [0.2, 0.25) is 0 Å². The van der Waals surface area contributed by atoms with E-state index in [0.717, 1.165) is 11.1 Å². The molecule has 0 saturated carbocycles. The second kappa shape index (κ2) is 5.37. The lowest BCUT2D eigenvalue weighted by molar-refractivity contribution is 0.0671. The van der Waals surface area contributed by atoms with Gasteiger partial charge >= 0.3 is 5.97 Å². The maximum atomic E-state index is 11.3. The zero-order valence-electron chi connectivity index (χ0n) is 11.9. The fraction of sp³-hybridized carbons (Fsp3) is 0.235. The van der Waals surface area contributed by atoms with E-state index in [9.17, 15) is 9.90 Å². The molecule has 0 spiro atoms. The van der Waals surface area contributed by atoms with E-state index in [1.54, 1.807) is 12.1 Å². The molecule has 1 N–H and O–H groups in total. The van der Waals surface area contributed by atoms with Crippen LogP contribution in [0.25, 0.3) is 0 Å². The van der Waals surface area contributed by atoms with Gasteiger partial charge in [0.1, 0.15) is 16.9 Å². The maximum absolute atomic E-state index is 11.3. The molecular formula is C17H18O3. The van der Waals surface area contributed by atoms with E-state index in [4.69, 9.17) is 4.74 Å². The number of hydrogen-bond donors (Lipinski definition) is 1. The molecule has 0 aliphatic rings. The molecule has 3 heteroatoms. The number of rotatable bonds is 4. The van der Waals surface area contributed by atoms with Crippen LogP contribution in [0.15, 0.2) is 48.5 Å². The maximum Gasteiger partial charge on any atom is 0.339 e. The van der Waals surface area contributed by atoms with E-state index >= 15 is 0 Å². The molecule has 0 fully saturated rings. The van der Waals surface area contributed by atoms with E-state index < -0.39 is 11.6 Å². The van der Waals surface area contributed by atoms with Crippen molar-refractivity contribution in [2.75, 3.05) is 0 Å². The first-order valence-corrected chi connectivity index (χ1v) is 6.49. The summed E-state index contributed by atoms with van der Waals surface area (Å²) < 4.78 is 6.03. The Kier molecular flexibility index (Phi) is 3.79. The van der Waals surface area contributed by atoms with Gasteiger partial charge in [0, 0.05) is 0 Å². The minimum atomic E-state index is -0.979.